The molecule has 12 heavy (non-hydrogen) atoms. The number of rotatable bonds is 0. The molecule has 0 amide bonds. The van der Waals surface area contributed by atoms with Crippen molar-refractivity contribution in [2.75, 3.05) is 7.11 Å². The van der Waals surface area contributed by atoms with Crippen molar-refractivity contribution in [3.05, 3.63) is 21.7 Å². The van der Waals surface area contributed by atoms with Gasteiger partial charge in [0.2, 0.25) is 5.39 Å². The summed E-state index contributed by atoms with van der Waals surface area (Å²) in [5.74, 6) is -0.748. The van der Waals surface area contributed by atoms with Gasteiger partial charge in [0.1, 0.15) is 6.20 Å². The molecule has 0 aromatic carbocycles. The van der Waals surface area contributed by atoms with Crippen LogP contribution in [0.5, 0.6) is 5.88 Å². The first-order valence-electron chi connectivity index (χ1n) is 2.80. The van der Waals surface area contributed by atoms with Crippen LogP contribution in [-0.2, 0) is 0 Å². The molecule has 0 aliphatic heterocycles. The van der Waals surface area contributed by atoms with Gasteiger partial charge < -0.3 is 15.2 Å². The number of aliphatic hydroxyl groups is 1. The molecule has 7 heteroatoms. The lowest BCUT2D eigenvalue weighted by molar-refractivity contribution is -0.273. The van der Waals surface area contributed by atoms with Crippen LogP contribution in [0.15, 0.2) is 11.0 Å². The molecule has 0 saturated carbocycles. The summed E-state index contributed by atoms with van der Waals surface area (Å²) in [6.07, 6.45) is 0.890. The lowest BCUT2D eigenvalue weighted by atomic mass is 10.5. The van der Waals surface area contributed by atoms with Crippen molar-refractivity contribution in [3.63, 3.8) is 0 Å². The van der Waals surface area contributed by atoms with E-state index in [1.54, 1.807) is 0 Å². The average molecular weight is 170 g/mol. The van der Waals surface area contributed by atoms with Crippen molar-refractivity contribution >= 4 is 5.69 Å². The normalized spacial score (nSPS) is 7.75. The van der Waals surface area contributed by atoms with Crippen LogP contribution in [0.4, 0.5) is 5.69 Å². The number of hydrogen-bond donors (Lipinski definition) is 2. The Balaban J connectivity index is 0.000000561. The highest BCUT2D eigenvalue weighted by Gasteiger charge is 2.05. The highest BCUT2D eigenvalue weighted by molar-refractivity contribution is 5.48. The Morgan fingerprint density at radius 2 is 2.33 bits per heavy atom. The van der Waals surface area contributed by atoms with Crippen LogP contribution in [0.3, 0.4) is 0 Å². The van der Waals surface area contributed by atoms with E-state index in [1.807, 2.05) is 4.98 Å². The molecule has 7 nitrogen and oxygen atoms in total. The van der Waals surface area contributed by atoms with Gasteiger partial charge in [0.25, 0.3) is 0 Å². The van der Waals surface area contributed by atoms with Crippen molar-refractivity contribution < 1.29 is 10.2 Å². The smallest absolute Gasteiger partial charge is 0.411 e. The summed E-state index contributed by atoms with van der Waals surface area (Å²) in [7, 11) is 1.00. The van der Waals surface area contributed by atoms with E-state index in [0.717, 1.165) is 13.3 Å². The Hall–Kier alpha value is -1.94. The van der Waals surface area contributed by atoms with Crippen molar-refractivity contribution in [1.29, 1.82) is 5.39 Å². The molecule has 0 unspecified atom stereocenters. The van der Waals surface area contributed by atoms with Gasteiger partial charge in [0.15, 0.2) is 4.98 Å². The first kappa shape index (κ1) is 10.1. The monoisotopic (exact) mass is 170 g/mol. The third-order valence-corrected chi connectivity index (χ3v) is 0.865. The first-order valence-corrected chi connectivity index (χ1v) is 2.80. The summed E-state index contributed by atoms with van der Waals surface area (Å²) < 4.78 is 0. The van der Waals surface area contributed by atoms with Gasteiger partial charge in [-0.2, -0.15) is 4.98 Å². The predicted octanol–water partition coefficient (Wildman–Crippen LogP) is -1.06. The Bertz CT molecular complexity index is 339. The highest BCUT2D eigenvalue weighted by Crippen LogP contribution is 2.15. The molecular formula is C5H6N4O3. The van der Waals surface area contributed by atoms with Gasteiger partial charge in [0.05, 0.1) is 5.88 Å². The van der Waals surface area contributed by atoms with Gasteiger partial charge in [-0.15, -0.1) is 0 Å². The molecule has 0 aliphatic rings. The number of aromatic nitrogens is 2. The van der Waals surface area contributed by atoms with Crippen LogP contribution in [-0.4, -0.2) is 22.2 Å². The SMILES string of the molecule is CO.N#[N+]c1cnc(=O)[nH]c1[O-]. The quantitative estimate of drug-likeness (QED) is 0.481. The summed E-state index contributed by atoms with van der Waals surface area (Å²) >= 11 is 0. The van der Waals surface area contributed by atoms with Crippen LogP contribution in [0.25, 0.3) is 4.98 Å². The summed E-state index contributed by atoms with van der Waals surface area (Å²) in [5, 5.41) is 25.6. The molecule has 0 radical (unpaired) electrons. The Labute approximate surface area is 67.0 Å². The van der Waals surface area contributed by atoms with Crippen LogP contribution in [0, 0.1) is 5.39 Å². The molecule has 0 saturated heterocycles. The molecule has 0 spiro atoms. The maximum atomic E-state index is 10.5. The number of nitrogens with zero attached hydrogens (tertiary/aromatic N) is 3. The molecular weight excluding hydrogens is 164 g/mol. The molecule has 1 aromatic rings. The van der Waals surface area contributed by atoms with Crippen LogP contribution < -0.4 is 10.8 Å². The Kier molecular flexibility index (Phi) is 4.03. The topological polar surface area (TPSA) is 117 Å². The minimum Gasteiger partial charge on any atom is -0.855 e. The van der Waals surface area contributed by atoms with Crippen LogP contribution in [0.1, 0.15) is 0 Å². The van der Waals surface area contributed by atoms with Gasteiger partial charge in [0, 0.05) is 7.11 Å². The fourth-order valence-corrected chi connectivity index (χ4v) is 0.443. The van der Waals surface area contributed by atoms with E-state index in [-0.39, 0.29) is 5.69 Å². The highest BCUT2D eigenvalue weighted by atomic mass is 16.3. The summed E-state index contributed by atoms with van der Waals surface area (Å²) in [6.45, 7) is 0. The van der Waals surface area contributed by atoms with Crippen molar-refractivity contribution in [2.24, 2.45) is 0 Å². The molecule has 1 heterocycles. The second-order valence-corrected chi connectivity index (χ2v) is 1.50. The van der Waals surface area contributed by atoms with E-state index in [9.17, 15) is 9.90 Å². The second kappa shape index (κ2) is 4.81. The lowest BCUT2D eigenvalue weighted by Crippen LogP contribution is -2.11. The van der Waals surface area contributed by atoms with E-state index in [4.69, 9.17) is 10.5 Å². The zero-order valence-electron chi connectivity index (χ0n) is 6.18. The predicted molar refractivity (Wildman–Crippen MR) is 37.2 cm³/mol. The van der Waals surface area contributed by atoms with Crippen molar-refractivity contribution in [3.8, 4) is 5.88 Å². The molecule has 1 aromatic heterocycles. The molecule has 2 N–H and O–H groups in total. The van der Waals surface area contributed by atoms with Crippen LogP contribution in [0.2, 0.25) is 0 Å². The first-order chi connectivity index (χ1) is 5.74. The largest absolute Gasteiger partial charge is 0.855 e. The van der Waals surface area contributed by atoms with Crippen molar-refractivity contribution in [1.82, 2.24) is 9.97 Å². The molecule has 0 aliphatic carbocycles. The van der Waals surface area contributed by atoms with E-state index in [2.05, 4.69) is 9.96 Å². The number of aliphatic hydroxyl groups excluding tert-OH is 1. The number of aromatic amines is 1. The number of hydrogen-bond acceptors (Lipinski definition) is 5. The van der Waals surface area contributed by atoms with E-state index >= 15 is 0 Å². The summed E-state index contributed by atoms with van der Waals surface area (Å²) in [4.78, 5) is 17.8. The molecule has 0 fully saturated rings. The van der Waals surface area contributed by atoms with Gasteiger partial charge >= 0.3 is 11.4 Å². The van der Waals surface area contributed by atoms with Gasteiger partial charge in [-0.05, 0) is 0 Å². The maximum Gasteiger partial charge on any atom is 0.411 e. The summed E-state index contributed by atoms with van der Waals surface area (Å²) in [5.41, 5.74) is -1.03. The fourth-order valence-electron chi connectivity index (χ4n) is 0.443. The Morgan fingerprint density at radius 3 is 2.75 bits per heavy atom. The minimum absolute atomic E-state index is 0.278. The average Bonchev–Trinajstić information content (AvgIpc) is 2.08. The minimum atomic E-state index is -0.752. The summed E-state index contributed by atoms with van der Waals surface area (Å²) in [6, 6.07) is 0. The molecule has 0 bridgehead atoms. The van der Waals surface area contributed by atoms with E-state index in [1.165, 1.54) is 0 Å². The zero-order valence-corrected chi connectivity index (χ0v) is 6.18. The molecule has 64 valence electrons. The lowest BCUT2D eigenvalue weighted by Gasteiger charge is -1.95. The number of H-pyrrole nitrogens is 1. The standard InChI is InChI=1S/C4H2N4O2.CH4O/c5-8-2-1-6-4(10)7-3(2)9;1-2/h1H,(H-,6,7,9,10);2H,1H3. The molecule has 0 atom stereocenters. The zero-order chi connectivity index (χ0) is 9.56. The number of diazo groups is 1. The van der Waals surface area contributed by atoms with Crippen LogP contribution >= 0.6 is 0 Å². The van der Waals surface area contributed by atoms with Gasteiger partial charge in [-0.3, -0.25) is 0 Å². The Morgan fingerprint density at radius 1 is 1.75 bits per heavy atom. The number of nitrogens with one attached hydrogen (secondary N) is 1. The third-order valence-electron chi connectivity index (χ3n) is 0.865. The third kappa shape index (κ3) is 2.36. The van der Waals surface area contributed by atoms with E-state index < -0.39 is 11.6 Å². The van der Waals surface area contributed by atoms with E-state index in [0.29, 0.717) is 0 Å². The van der Waals surface area contributed by atoms with Gasteiger partial charge in [-0.1, -0.05) is 0 Å². The fraction of sp³-hybridized carbons (Fsp3) is 0.200. The van der Waals surface area contributed by atoms with Gasteiger partial charge in [-0.25, -0.2) is 4.79 Å². The maximum absolute atomic E-state index is 10.5. The second-order valence-electron chi connectivity index (χ2n) is 1.50. The molecule has 1 rings (SSSR count). The van der Waals surface area contributed by atoms with Crippen molar-refractivity contribution in [2.45, 2.75) is 0 Å².